The van der Waals surface area contributed by atoms with Crippen molar-refractivity contribution < 1.29 is 19.7 Å². The molecule has 0 aromatic rings. The summed E-state index contributed by atoms with van der Waals surface area (Å²) < 4.78 is 10.7. The van der Waals surface area contributed by atoms with E-state index in [1.165, 1.54) is 0 Å². The number of aliphatic hydroxyl groups is 2. The quantitative estimate of drug-likeness (QED) is 0.646. The first kappa shape index (κ1) is 14.0. The van der Waals surface area contributed by atoms with Crippen LogP contribution in [0, 0.1) is 11.8 Å². The molecule has 16 heavy (non-hydrogen) atoms. The second-order valence-corrected chi connectivity index (χ2v) is 4.57. The normalized spacial score (nSPS) is 41.2. The summed E-state index contributed by atoms with van der Waals surface area (Å²) in [5, 5.41) is 19.8. The molecule has 0 unspecified atom stereocenters. The molecule has 0 aromatic carbocycles. The van der Waals surface area contributed by atoms with Crippen molar-refractivity contribution in [1.29, 1.82) is 0 Å². The molecule has 5 heteroatoms. The number of hydrogen-bond acceptors (Lipinski definition) is 4. The van der Waals surface area contributed by atoms with Gasteiger partial charge < -0.3 is 19.7 Å². The zero-order chi connectivity index (χ0) is 12.3. The fourth-order valence-corrected chi connectivity index (χ4v) is 2.49. The van der Waals surface area contributed by atoms with Crippen LogP contribution in [0.2, 0.25) is 0 Å². The Bertz CT molecular complexity index is 226. The molecule has 1 heterocycles. The van der Waals surface area contributed by atoms with Gasteiger partial charge in [0.15, 0.2) is 0 Å². The third-order valence-electron chi connectivity index (χ3n) is 3.65. The Labute approximate surface area is 98.4 Å². The molecule has 5 atom stereocenters. The van der Waals surface area contributed by atoms with Crippen molar-refractivity contribution in [3.63, 3.8) is 0 Å². The smallest absolute Gasteiger partial charge is 0.121 e. The van der Waals surface area contributed by atoms with Crippen molar-refractivity contribution in [3.05, 3.63) is 0 Å². The predicted octanol–water partition coefficient (Wildman–Crippen LogP) is -0.0881. The van der Waals surface area contributed by atoms with Crippen molar-refractivity contribution in [2.24, 2.45) is 11.8 Å². The lowest BCUT2D eigenvalue weighted by molar-refractivity contribution is -0.141. The highest BCUT2D eigenvalue weighted by Crippen LogP contribution is 2.40. The Hall–Kier alpha value is -0.0951. The molecule has 1 rings (SSSR count). The highest BCUT2D eigenvalue weighted by atomic mass is 16.5. The van der Waals surface area contributed by atoms with Crippen LogP contribution < -0.4 is 0 Å². The van der Waals surface area contributed by atoms with Crippen LogP contribution in [0.5, 0.6) is 0 Å². The molecule has 0 amide bonds. The summed E-state index contributed by atoms with van der Waals surface area (Å²) in [7, 11) is 7.41. The van der Waals surface area contributed by atoms with E-state index in [2.05, 4.69) is 0 Å². The lowest BCUT2D eigenvalue weighted by Gasteiger charge is -2.36. The van der Waals surface area contributed by atoms with Gasteiger partial charge in [-0.05, 0) is 6.42 Å². The fourth-order valence-electron chi connectivity index (χ4n) is 2.49. The molecule has 1 fully saturated rings. The Morgan fingerprint density at radius 1 is 1.56 bits per heavy atom. The Kier molecular flexibility index (Phi) is 4.80. The van der Waals surface area contributed by atoms with E-state index in [0.29, 0.717) is 6.61 Å². The van der Waals surface area contributed by atoms with Gasteiger partial charge in [0, 0.05) is 24.9 Å². The summed E-state index contributed by atoms with van der Waals surface area (Å²) in [6, 6.07) is -0.522. The van der Waals surface area contributed by atoms with Gasteiger partial charge in [-0.25, -0.2) is 0 Å². The average Bonchev–Trinajstić information content (AvgIpc) is 2.51. The number of methoxy groups -OCH3 is 1. The van der Waals surface area contributed by atoms with E-state index in [0.717, 1.165) is 6.42 Å². The number of ether oxygens (including phenoxy) is 2. The van der Waals surface area contributed by atoms with Crippen LogP contribution in [0.25, 0.3) is 0 Å². The van der Waals surface area contributed by atoms with Gasteiger partial charge >= 0.3 is 0 Å². The van der Waals surface area contributed by atoms with E-state index >= 15 is 0 Å². The standard InChI is InChI=1S/C11H21BO4/c1-4-8-9(14)11(6-13,16-10(8)12)7(2)5-15-3/h7-10,13-14H,4-6H2,1-3H3/t7-,8+,9-,10+,11-/m0/s1. The molecule has 92 valence electrons. The zero-order valence-corrected chi connectivity index (χ0v) is 10.2. The van der Waals surface area contributed by atoms with Crippen LogP contribution in [0.15, 0.2) is 0 Å². The molecule has 2 radical (unpaired) electrons. The minimum absolute atomic E-state index is 0.111. The number of rotatable bonds is 5. The van der Waals surface area contributed by atoms with Crippen molar-refractivity contribution in [2.75, 3.05) is 20.3 Å². The second-order valence-electron chi connectivity index (χ2n) is 4.57. The van der Waals surface area contributed by atoms with Crippen LogP contribution in [-0.2, 0) is 9.47 Å². The summed E-state index contributed by atoms with van der Waals surface area (Å²) >= 11 is 0. The second kappa shape index (κ2) is 5.49. The van der Waals surface area contributed by atoms with Crippen molar-refractivity contribution in [2.45, 2.75) is 38.0 Å². The van der Waals surface area contributed by atoms with Crippen LogP contribution in [0.3, 0.4) is 0 Å². The summed E-state index contributed by atoms with van der Waals surface area (Å²) in [5.41, 5.74) is -0.990. The van der Waals surface area contributed by atoms with E-state index in [1.807, 2.05) is 13.8 Å². The molecule has 0 spiro atoms. The molecule has 1 saturated heterocycles. The van der Waals surface area contributed by atoms with Crippen LogP contribution in [-0.4, -0.2) is 56.1 Å². The Morgan fingerprint density at radius 3 is 2.56 bits per heavy atom. The lowest BCUT2D eigenvalue weighted by atomic mass is 9.77. The molecule has 0 aromatic heterocycles. The van der Waals surface area contributed by atoms with Crippen LogP contribution in [0.1, 0.15) is 20.3 Å². The van der Waals surface area contributed by atoms with Gasteiger partial charge in [0.2, 0.25) is 0 Å². The number of aliphatic hydroxyl groups excluding tert-OH is 2. The van der Waals surface area contributed by atoms with E-state index in [4.69, 9.17) is 17.3 Å². The van der Waals surface area contributed by atoms with Crippen molar-refractivity contribution >= 4 is 7.85 Å². The Morgan fingerprint density at radius 2 is 2.19 bits per heavy atom. The molecule has 0 bridgehead atoms. The first-order chi connectivity index (χ1) is 7.53. The highest BCUT2D eigenvalue weighted by molar-refractivity contribution is 6.11. The van der Waals surface area contributed by atoms with Crippen LogP contribution in [0.4, 0.5) is 0 Å². The largest absolute Gasteiger partial charge is 0.393 e. The van der Waals surface area contributed by atoms with E-state index in [1.54, 1.807) is 7.11 Å². The van der Waals surface area contributed by atoms with E-state index < -0.39 is 17.7 Å². The van der Waals surface area contributed by atoms with Gasteiger partial charge in [-0.2, -0.15) is 0 Å². The molecule has 1 aliphatic heterocycles. The maximum absolute atomic E-state index is 10.2. The van der Waals surface area contributed by atoms with E-state index in [9.17, 15) is 10.2 Å². The SMILES string of the molecule is [B][C@@H]1O[C@@](CO)([C@@H](C)COC)[C@@H](O)[C@H]1CC. The van der Waals surface area contributed by atoms with Crippen molar-refractivity contribution in [3.8, 4) is 0 Å². The molecule has 0 saturated carbocycles. The first-order valence-electron chi connectivity index (χ1n) is 5.74. The van der Waals surface area contributed by atoms with E-state index in [-0.39, 0.29) is 18.4 Å². The van der Waals surface area contributed by atoms with Crippen LogP contribution >= 0.6 is 0 Å². The molecule has 0 aliphatic carbocycles. The monoisotopic (exact) mass is 228 g/mol. The van der Waals surface area contributed by atoms with Crippen molar-refractivity contribution in [1.82, 2.24) is 0 Å². The summed E-state index contributed by atoms with van der Waals surface area (Å²) in [6.45, 7) is 4.00. The molecular formula is C11H21BO4. The highest BCUT2D eigenvalue weighted by Gasteiger charge is 2.54. The van der Waals surface area contributed by atoms with Gasteiger partial charge in [-0.15, -0.1) is 0 Å². The third kappa shape index (κ3) is 2.14. The molecule has 4 nitrogen and oxygen atoms in total. The predicted molar refractivity (Wildman–Crippen MR) is 61.3 cm³/mol. The Balaban J connectivity index is 2.88. The molecular weight excluding hydrogens is 207 g/mol. The maximum Gasteiger partial charge on any atom is 0.121 e. The molecule has 1 aliphatic rings. The fraction of sp³-hybridized carbons (Fsp3) is 1.00. The third-order valence-corrected chi connectivity index (χ3v) is 3.65. The van der Waals surface area contributed by atoms with Gasteiger partial charge in [0.25, 0.3) is 0 Å². The average molecular weight is 228 g/mol. The first-order valence-corrected chi connectivity index (χ1v) is 5.74. The minimum atomic E-state index is -0.990. The maximum atomic E-state index is 10.2. The zero-order valence-electron chi connectivity index (χ0n) is 10.2. The summed E-state index contributed by atoms with van der Waals surface area (Å²) in [5.74, 6) is -0.244. The van der Waals surface area contributed by atoms with Gasteiger partial charge in [-0.1, -0.05) is 13.8 Å². The topological polar surface area (TPSA) is 58.9 Å². The summed E-state index contributed by atoms with van der Waals surface area (Å²) in [6.07, 6.45) is -0.0216. The minimum Gasteiger partial charge on any atom is -0.393 e. The summed E-state index contributed by atoms with van der Waals surface area (Å²) in [4.78, 5) is 0. The van der Waals surface area contributed by atoms with Gasteiger partial charge in [0.05, 0.1) is 19.3 Å². The van der Waals surface area contributed by atoms with Gasteiger partial charge in [-0.3, -0.25) is 0 Å². The number of hydrogen-bond donors (Lipinski definition) is 2. The molecule has 2 N–H and O–H groups in total. The van der Waals surface area contributed by atoms with Gasteiger partial charge in [0.1, 0.15) is 13.4 Å². The lowest BCUT2D eigenvalue weighted by Crippen LogP contribution is -2.51.